The van der Waals surface area contributed by atoms with Crippen molar-refractivity contribution in [3.05, 3.63) is 0 Å². The maximum absolute atomic E-state index is 8.44. The second-order valence-electron chi connectivity index (χ2n) is 0.798. The van der Waals surface area contributed by atoms with E-state index < -0.39 is 18.5 Å². The molecule has 0 saturated carbocycles. The number of carbonyl (C=O) groups is 3. The molecule has 11 heteroatoms. The Kier molecular flexibility index (Phi) is 47.6. The van der Waals surface area contributed by atoms with Crippen molar-refractivity contribution in [2.24, 2.45) is 0 Å². The molecule has 0 unspecified atom stereocenters. The van der Waals surface area contributed by atoms with E-state index in [0.717, 1.165) is 0 Å². The van der Waals surface area contributed by atoms with Crippen molar-refractivity contribution in [3.8, 4) is 0 Å². The van der Waals surface area contributed by atoms with Crippen LogP contribution in [0.25, 0.3) is 0 Å². The van der Waals surface area contributed by atoms with Crippen molar-refractivity contribution in [2.45, 2.75) is 0 Å². The van der Waals surface area contributed by atoms with Gasteiger partial charge in [-0.05, 0) is 0 Å². The van der Waals surface area contributed by atoms with Gasteiger partial charge in [0.1, 0.15) is 0 Å². The number of hydrogen-bond donors (Lipinski definition) is 3. The van der Waals surface area contributed by atoms with Gasteiger partial charge in [0.15, 0.2) is 0 Å². The topological polar surface area (TPSA) is 181 Å². The normalized spacial score (nSPS) is 5.14. The van der Waals surface area contributed by atoms with E-state index in [1.54, 1.807) is 0 Å². The summed E-state index contributed by atoms with van der Waals surface area (Å²) >= 11 is 0. The third kappa shape index (κ3) is 2470. The second kappa shape index (κ2) is 22.8. The Labute approximate surface area is 109 Å². The summed E-state index contributed by atoms with van der Waals surface area (Å²) in [6.07, 6.45) is -6.25. The van der Waals surface area contributed by atoms with Gasteiger partial charge in [0, 0.05) is 0 Å². The molecule has 0 aromatic rings. The first-order valence-electron chi connectivity index (χ1n) is 1.90. The quantitative estimate of drug-likeness (QED) is 0.358. The summed E-state index contributed by atoms with van der Waals surface area (Å²) in [6.45, 7) is 0. The van der Waals surface area contributed by atoms with Crippen molar-refractivity contribution >= 4 is 18.5 Å². The van der Waals surface area contributed by atoms with Gasteiger partial charge in [-0.3, -0.25) is 0 Å². The van der Waals surface area contributed by atoms with Crippen molar-refractivity contribution in [2.75, 3.05) is 0 Å². The zero-order valence-electron chi connectivity index (χ0n) is 6.61. The summed E-state index contributed by atoms with van der Waals surface area (Å²) in [6, 6.07) is 0. The fourth-order valence-corrected chi connectivity index (χ4v) is 0. The van der Waals surface area contributed by atoms with Gasteiger partial charge in [-0.15, -0.1) is 0 Å². The average Bonchev–Trinajstić information content (AvgIpc) is 1.54. The minimum Gasteiger partial charge on any atom is -0.565 e. The minimum atomic E-state index is -2.08. The van der Waals surface area contributed by atoms with Gasteiger partial charge in [0.2, 0.25) is 18.5 Å². The fourth-order valence-electron chi connectivity index (χ4n) is 0. The third-order valence-corrected chi connectivity index (χ3v) is 0. The Morgan fingerprint density at radius 2 is 0.714 bits per heavy atom. The molecule has 14 heavy (non-hydrogen) atoms. The van der Waals surface area contributed by atoms with Crippen LogP contribution in [0, 0.1) is 0 Å². The molecule has 0 saturated heterocycles. The van der Waals surface area contributed by atoms with E-state index in [1.165, 1.54) is 0 Å². The van der Waals surface area contributed by atoms with Gasteiger partial charge in [0.05, 0.1) is 0 Å². The Bertz CT molecular complexity index is 118. The van der Waals surface area contributed by atoms with E-state index in [0.29, 0.717) is 0 Å². The van der Waals surface area contributed by atoms with Crippen LogP contribution in [0.2, 0.25) is 0 Å². The molecular weight excluding hydrogens is 262 g/mol. The van der Waals surface area contributed by atoms with Crippen LogP contribution in [-0.2, 0) is 16.5 Å². The molecule has 0 spiro atoms. The molecule has 0 heterocycles. The molecule has 0 aromatic carbocycles. The molecule has 3 N–H and O–H groups in total. The third-order valence-electron chi connectivity index (χ3n) is 0. The first-order valence-corrected chi connectivity index (χ1v) is 1.90. The molecule has 0 rings (SSSR count). The molecule has 0 atom stereocenters. The summed E-state index contributed by atoms with van der Waals surface area (Å²) in [5, 5.41) is 45.9. The largest absolute Gasteiger partial charge is 2.00 e. The molecule has 0 aliphatic rings. The zero-order valence-corrected chi connectivity index (χ0v) is 9.59. The van der Waals surface area contributed by atoms with Gasteiger partial charge < -0.3 is 45.0 Å². The molecule has 0 fully saturated rings. The average molecular weight is 265 g/mol. The monoisotopic (exact) mass is 264 g/mol. The van der Waals surface area contributed by atoms with E-state index in [9.17, 15) is 0 Å². The van der Waals surface area contributed by atoms with E-state index in [4.69, 9.17) is 45.0 Å². The first-order chi connectivity index (χ1) is 5.20. The zero-order chi connectivity index (χ0) is 10.7. The summed E-state index contributed by atoms with van der Waals surface area (Å²) in [5.74, 6) is 0. The van der Waals surface area contributed by atoms with Crippen LogP contribution in [0.1, 0.15) is 0 Å². The van der Waals surface area contributed by atoms with Gasteiger partial charge in [-0.2, -0.15) is 0 Å². The van der Waals surface area contributed by atoms with Crippen LogP contribution in [0.3, 0.4) is 0 Å². The summed E-state index contributed by atoms with van der Waals surface area (Å²) in [5.41, 5.74) is 0. The molecule has 0 bridgehead atoms. The maximum Gasteiger partial charge on any atom is 2.00 e. The number of hydrogen-bond acceptors (Lipinski definition) is 6. The van der Waals surface area contributed by atoms with Crippen LogP contribution in [0.5, 0.6) is 0 Å². The van der Waals surface area contributed by atoms with Crippen LogP contribution < -0.4 is 44.9 Å². The Hall–Kier alpha value is -0.696. The fraction of sp³-hybridized carbons (Fsp3) is 0. The van der Waals surface area contributed by atoms with Crippen LogP contribution in [-0.4, -0.2) is 33.8 Å². The Morgan fingerprint density at radius 3 is 0.714 bits per heavy atom. The van der Waals surface area contributed by atoms with E-state index in [-0.39, 0.29) is 46.0 Å². The predicted molar refractivity (Wildman–Crippen MR) is 24.1 cm³/mol. The van der Waals surface area contributed by atoms with Crippen molar-refractivity contribution in [1.82, 2.24) is 0 Å². The maximum atomic E-state index is 8.44. The Morgan fingerprint density at radius 1 is 0.714 bits per heavy atom. The second-order valence-corrected chi connectivity index (χ2v) is 0.798. The number of rotatable bonds is 0. The molecular formula is C3H3NaNiO9. The molecule has 0 aliphatic carbocycles. The summed E-state index contributed by atoms with van der Waals surface area (Å²) in [4.78, 5) is 25.3. The SMILES string of the molecule is O=C([O-])O.O=C([O-])O.O=C([O-])O.[Na+].[Ni+2]. The molecule has 80 valence electrons. The van der Waals surface area contributed by atoms with Crippen LogP contribution in [0.15, 0.2) is 0 Å². The molecule has 0 amide bonds. The van der Waals surface area contributed by atoms with Crippen molar-refractivity contribution in [1.29, 1.82) is 0 Å². The Balaban J connectivity index is -0.0000000270. The molecule has 0 aliphatic heterocycles. The van der Waals surface area contributed by atoms with Crippen molar-refractivity contribution < 1.29 is 91.1 Å². The van der Waals surface area contributed by atoms with Gasteiger partial charge in [0.25, 0.3) is 0 Å². The molecule has 9 nitrogen and oxygen atoms in total. The van der Waals surface area contributed by atoms with Gasteiger partial charge in [-0.25, -0.2) is 0 Å². The molecule has 0 radical (unpaired) electrons. The predicted octanol–water partition coefficient (Wildman–Crippen LogP) is -6.34. The minimum absolute atomic E-state index is 0. The number of carboxylic acid groups (broad SMARTS) is 6. The summed E-state index contributed by atoms with van der Waals surface area (Å²) in [7, 11) is 0. The first kappa shape index (κ1) is 29.2. The summed E-state index contributed by atoms with van der Waals surface area (Å²) < 4.78 is 0. The molecule has 0 aromatic heterocycles. The smallest absolute Gasteiger partial charge is 0.565 e. The van der Waals surface area contributed by atoms with Gasteiger partial charge in [-0.1, -0.05) is 0 Å². The van der Waals surface area contributed by atoms with Crippen LogP contribution >= 0.6 is 0 Å². The van der Waals surface area contributed by atoms with Crippen LogP contribution in [0.4, 0.5) is 14.4 Å². The van der Waals surface area contributed by atoms with E-state index in [2.05, 4.69) is 0 Å². The van der Waals surface area contributed by atoms with Crippen molar-refractivity contribution in [3.63, 3.8) is 0 Å². The van der Waals surface area contributed by atoms with E-state index in [1.807, 2.05) is 0 Å². The van der Waals surface area contributed by atoms with Gasteiger partial charge >= 0.3 is 46.0 Å². The van der Waals surface area contributed by atoms with E-state index >= 15 is 0 Å². The standard InChI is InChI=1S/3CH2O3.Na.Ni/c3*2-1(3)4;;/h3*(H2,2,3,4);;/q;;;+1;+2/p-3.